The highest BCUT2D eigenvalue weighted by Crippen LogP contribution is 2.23. The molecule has 2 heterocycles. The van der Waals surface area contributed by atoms with Gasteiger partial charge in [0, 0.05) is 31.7 Å². The first-order valence-corrected chi connectivity index (χ1v) is 9.22. The van der Waals surface area contributed by atoms with E-state index in [9.17, 15) is 9.18 Å². The largest absolute Gasteiger partial charge is 0.367 e. The predicted molar refractivity (Wildman–Crippen MR) is 105 cm³/mol. The van der Waals surface area contributed by atoms with Gasteiger partial charge in [0.15, 0.2) is 5.78 Å². The summed E-state index contributed by atoms with van der Waals surface area (Å²) in [5.41, 5.74) is 3.14. The second-order valence-electron chi connectivity index (χ2n) is 7.04. The molecule has 27 heavy (non-hydrogen) atoms. The number of para-hydroxylation sites is 2. The smallest absolute Gasteiger partial charge is 0.159 e. The first-order chi connectivity index (χ1) is 13.0. The average molecular weight is 366 g/mol. The molecule has 0 bridgehead atoms. The highest BCUT2D eigenvalue weighted by Gasteiger charge is 2.21. The molecule has 0 unspecified atom stereocenters. The lowest BCUT2D eigenvalue weighted by molar-refractivity contribution is 0.101. The zero-order chi connectivity index (χ0) is 19.0. The van der Waals surface area contributed by atoms with Gasteiger partial charge in [-0.2, -0.15) is 0 Å². The number of anilines is 1. The number of benzene rings is 2. The number of nitrogens with zero attached hydrogens (tertiary/aromatic N) is 4. The van der Waals surface area contributed by atoms with Gasteiger partial charge in [0.25, 0.3) is 0 Å². The van der Waals surface area contributed by atoms with Crippen molar-refractivity contribution in [1.82, 2.24) is 14.5 Å². The van der Waals surface area contributed by atoms with E-state index in [1.807, 2.05) is 25.1 Å². The third-order valence-corrected chi connectivity index (χ3v) is 5.25. The molecule has 0 spiro atoms. The van der Waals surface area contributed by atoms with E-state index in [-0.39, 0.29) is 11.6 Å². The Bertz CT molecular complexity index is 989. The molecule has 2 aromatic carbocycles. The van der Waals surface area contributed by atoms with Gasteiger partial charge in [-0.1, -0.05) is 12.1 Å². The molecule has 3 aromatic rings. The van der Waals surface area contributed by atoms with Gasteiger partial charge in [0.1, 0.15) is 11.6 Å². The van der Waals surface area contributed by atoms with E-state index < -0.39 is 0 Å². The Hall–Kier alpha value is -2.73. The first kappa shape index (κ1) is 17.7. The minimum atomic E-state index is -0.326. The second kappa shape index (κ2) is 7.12. The number of imidazole rings is 1. The summed E-state index contributed by atoms with van der Waals surface area (Å²) >= 11 is 0. The van der Waals surface area contributed by atoms with Crippen LogP contribution in [0.5, 0.6) is 0 Å². The molecule has 1 aromatic heterocycles. The van der Waals surface area contributed by atoms with Crippen molar-refractivity contribution >= 4 is 22.5 Å². The SMILES string of the molecule is CC(=O)c1ccc(N2CCN(Cn3c(C)nc4ccccc43)CC2)c(F)c1. The summed E-state index contributed by atoms with van der Waals surface area (Å²) in [6, 6.07) is 12.9. The molecule has 1 fully saturated rings. The molecule has 1 saturated heterocycles. The molecule has 1 aliphatic heterocycles. The molecule has 0 saturated carbocycles. The number of Topliss-reactive ketones (excluding diaryl/α,β-unsaturated/α-hetero) is 1. The number of rotatable bonds is 4. The maximum Gasteiger partial charge on any atom is 0.159 e. The number of halogens is 1. The zero-order valence-electron chi connectivity index (χ0n) is 15.7. The topological polar surface area (TPSA) is 41.4 Å². The van der Waals surface area contributed by atoms with Crippen molar-refractivity contribution in [2.75, 3.05) is 31.1 Å². The summed E-state index contributed by atoms with van der Waals surface area (Å²) < 4.78 is 16.6. The van der Waals surface area contributed by atoms with Gasteiger partial charge in [-0.3, -0.25) is 9.69 Å². The van der Waals surface area contributed by atoms with E-state index in [2.05, 4.69) is 25.4 Å². The summed E-state index contributed by atoms with van der Waals surface area (Å²) in [7, 11) is 0. The Morgan fingerprint density at radius 1 is 1.11 bits per heavy atom. The number of hydrogen-bond acceptors (Lipinski definition) is 4. The quantitative estimate of drug-likeness (QED) is 0.663. The highest BCUT2D eigenvalue weighted by molar-refractivity contribution is 5.94. The third-order valence-electron chi connectivity index (χ3n) is 5.25. The number of fused-ring (bicyclic) bond motifs is 1. The van der Waals surface area contributed by atoms with Gasteiger partial charge in [0.2, 0.25) is 0 Å². The van der Waals surface area contributed by atoms with Crippen LogP contribution >= 0.6 is 0 Å². The fourth-order valence-electron chi connectivity index (χ4n) is 3.69. The lowest BCUT2D eigenvalue weighted by Crippen LogP contribution is -2.47. The summed E-state index contributed by atoms with van der Waals surface area (Å²) in [6.07, 6.45) is 0. The summed E-state index contributed by atoms with van der Waals surface area (Å²) in [4.78, 5) is 20.4. The second-order valence-corrected chi connectivity index (χ2v) is 7.04. The number of aryl methyl sites for hydroxylation is 1. The summed E-state index contributed by atoms with van der Waals surface area (Å²) in [5.74, 6) is 0.560. The van der Waals surface area contributed by atoms with Crippen LogP contribution in [0.4, 0.5) is 10.1 Å². The summed E-state index contributed by atoms with van der Waals surface area (Å²) in [5, 5.41) is 0. The molecule has 0 radical (unpaired) electrons. The minimum Gasteiger partial charge on any atom is -0.367 e. The van der Waals surface area contributed by atoms with Crippen molar-refractivity contribution in [3.8, 4) is 0 Å². The number of carbonyl (C=O) groups is 1. The maximum absolute atomic E-state index is 14.4. The van der Waals surface area contributed by atoms with Gasteiger partial charge in [-0.05, 0) is 44.2 Å². The molecule has 0 N–H and O–H groups in total. The molecule has 140 valence electrons. The van der Waals surface area contributed by atoms with Crippen molar-refractivity contribution in [3.05, 3.63) is 59.7 Å². The molecule has 6 heteroatoms. The van der Waals surface area contributed by atoms with Crippen LogP contribution in [0.15, 0.2) is 42.5 Å². The van der Waals surface area contributed by atoms with Gasteiger partial charge < -0.3 is 9.47 Å². The first-order valence-electron chi connectivity index (χ1n) is 9.22. The lowest BCUT2D eigenvalue weighted by atomic mass is 10.1. The fraction of sp³-hybridized carbons (Fsp3) is 0.333. The maximum atomic E-state index is 14.4. The number of ketones is 1. The van der Waals surface area contributed by atoms with Crippen LogP contribution in [0.3, 0.4) is 0 Å². The number of hydrogen-bond donors (Lipinski definition) is 0. The Morgan fingerprint density at radius 2 is 1.85 bits per heavy atom. The molecule has 0 amide bonds. The van der Waals surface area contributed by atoms with E-state index in [0.29, 0.717) is 11.3 Å². The van der Waals surface area contributed by atoms with Crippen LogP contribution in [-0.4, -0.2) is 46.4 Å². The molecule has 0 aliphatic carbocycles. The van der Waals surface area contributed by atoms with Crippen LogP contribution < -0.4 is 4.90 Å². The van der Waals surface area contributed by atoms with E-state index in [0.717, 1.165) is 49.7 Å². The number of carbonyl (C=O) groups excluding carboxylic acids is 1. The van der Waals surface area contributed by atoms with Gasteiger partial charge in [0.05, 0.1) is 23.4 Å². The van der Waals surface area contributed by atoms with Crippen molar-refractivity contribution in [1.29, 1.82) is 0 Å². The Balaban J connectivity index is 1.45. The Morgan fingerprint density at radius 3 is 2.56 bits per heavy atom. The molecular weight excluding hydrogens is 343 g/mol. The Kier molecular flexibility index (Phi) is 4.66. The van der Waals surface area contributed by atoms with Gasteiger partial charge >= 0.3 is 0 Å². The van der Waals surface area contributed by atoms with E-state index in [1.165, 1.54) is 13.0 Å². The third kappa shape index (κ3) is 3.45. The van der Waals surface area contributed by atoms with E-state index in [4.69, 9.17) is 0 Å². The Labute approximate surface area is 158 Å². The van der Waals surface area contributed by atoms with Crippen LogP contribution in [-0.2, 0) is 6.67 Å². The molecule has 0 atom stereocenters. The summed E-state index contributed by atoms with van der Waals surface area (Å²) in [6.45, 7) is 7.47. The van der Waals surface area contributed by atoms with Gasteiger partial charge in [-0.15, -0.1) is 0 Å². The minimum absolute atomic E-state index is 0.117. The number of aromatic nitrogens is 2. The number of piperazine rings is 1. The highest BCUT2D eigenvalue weighted by atomic mass is 19.1. The fourth-order valence-corrected chi connectivity index (χ4v) is 3.69. The molecule has 1 aliphatic rings. The van der Waals surface area contributed by atoms with Crippen LogP contribution in [0.25, 0.3) is 11.0 Å². The van der Waals surface area contributed by atoms with Crippen molar-refractivity contribution in [3.63, 3.8) is 0 Å². The molecular formula is C21H23FN4O. The monoisotopic (exact) mass is 366 g/mol. The van der Waals surface area contributed by atoms with Crippen LogP contribution in [0.2, 0.25) is 0 Å². The van der Waals surface area contributed by atoms with Crippen molar-refractivity contribution < 1.29 is 9.18 Å². The van der Waals surface area contributed by atoms with Crippen LogP contribution in [0.1, 0.15) is 23.1 Å². The standard InChI is InChI=1S/C21H23FN4O/c1-15(27)17-7-8-20(18(22)13-17)25-11-9-24(10-12-25)14-26-16(2)23-19-5-3-4-6-21(19)26/h3-8,13H,9-12,14H2,1-2H3. The van der Waals surface area contributed by atoms with Crippen molar-refractivity contribution in [2.45, 2.75) is 20.5 Å². The molecule has 4 rings (SSSR count). The van der Waals surface area contributed by atoms with Gasteiger partial charge in [-0.25, -0.2) is 9.37 Å². The van der Waals surface area contributed by atoms with E-state index in [1.54, 1.807) is 12.1 Å². The zero-order valence-corrected chi connectivity index (χ0v) is 15.7. The lowest BCUT2D eigenvalue weighted by Gasteiger charge is -2.36. The van der Waals surface area contributed by atoms with Crippen LogP contribution in [0, 0.1) is 12.7 Å². The normalized spacial score (nSPS) is 15.4. The van der Waals surface area contributed by atoms with Crippen molar-refractivity contribution in [2.24, 2.45) is 0 Å². The van der Waals surface area contributed by atoms with E-state index >= 15 is 0 Å². The predicted octanol–water partition coefficient (Wildman–Crippen LogP) is 3.47. The molecule has 5 nitrogen and oxygen atoms in total. The average Bonchev–Trinajstić information content (AvgIpc) is 2.98.